The van der Waals surface area contributed by atoms with Crippen LogP contribution in [0, 0.1) is 5.82 Å². The summed E-state index contributed by atoms with van der Waals surface area (Å²) in [5, 5.41) is -0.646. The van der Waals surface area contributed by atoms with Crippen molar-refractivity contribution in [3.63, 3.8) is 0 Å². The maximum atomic E-state index is 15.5. The van der Waals surface area contributed by atoms with E-state index in [-0.39, 0.29) is 50.9 Å². The Labute approximate surface area is 267 Å². The zero-order valence-electron chi connectivity index (χ0n) is 25.4. The molecule has 1 atom stereocenters. The van der Waals surface area contributed by atoms with E-state index in [4.69, 9.17) is 25.8 Å². The minimum Gasteiger partial charge on any atom is -0.489 e. The van der Waals surface area contributed by atoms with E-state index in [9.17, 15) is 18.0 Å². The largest absolute Gasteiger partial charge is 0.489 e. The van der Waals surface area contributed by atoms with Gasteiger partial charge in [0.1, 0.15) is 34.2 Å². The smallest absolute Gasteiger partial charge is 0.425 e. The Balaban J connectivity index is 1.96. The van der Waals surface area contributed by atoms with Gasteiger partial charge in [-0.1, -0.05) is 17.7 Å². The van der Waals surface area contributed by atoms with Crippen molar-refractivity contribution in [2.24, 2.45) is 0 Å². The highest BCUT2D eigenvalue weighted by atomic mass is 79.9. The lowest BCUT2D eigenvalue weighted by atomic mass is 10.1. The fourth-order valence-corrected chi connectivity index (χ4v) is 5.51. The first-order chi connectivity index (χ1) is 20.2. The van der Waals surface area contributed by atoms with Crippen molar-refractivity contribution in [3.8, 4) is 5.75 Å². The first kappa shape index (κ1) is 33.6. The second kappa shape index (κ2) is 11.9. The van der Waals surface area contributed by atoms with E-state index < -0.39 is 50.2 Å². The van der Waals surface area contributed by atoms with Crippen molar-refractivity contribution in [1.82, 2.24) is 15.0 Å². The molecule has 3 heterocycles. The molecule has 0 fully saturated rings. The standard InChI is InChI=1S/C28H32BrClFN5O7S/c1-14(15-10-9-11-32-22(15)36(25(37)42-27(2,3)4)26(38)43-28(5,6)7)35-12-13-41-21-16-20(19(31)17(29)18(21)30)33-24(34-23(16)35)44(8,39)40/h9-11,14H,12-13H2,1-8H3/t14-/m1/s1. The second-order valence-corrected chi connectivity index (χ2v) is 15.1. The van der Waals surface area contributed by atoms with Gasteiger partial charge in [0, 0.05) is 18.0 Å². The lowest BCUT2D eigenvalue weighted by Crippen LogP contribution is -2.45. The van der Waals surface area contributed by atoms with Crippen LogP contribution < -0.4 is 14.5 Å². The molecule has 1 aliphatic rings. The lowest BCUT2D eigenvalue weighted by molar-refractivity contribution is 0.0428. The van der Waals surface area contributed by atoms with Crippen molar-refractivity contribution in [1.29, 1.82) is 0 Å². The third-order valence-electron chi connectivity index (χ3n) is 6.17. The Kier molecular flexibility index (Phi) is 9.08. The highest BCUT2D eigenvalue weighted by Crippen LogP contribution is 2.47. The number of benzene rings is 1. The maximum Gasteiger partial charge on any atom is 0.425 e. The Morgan fingerprint density at radius 2 is 1.73 bits per heavy atom. The zero-order chi connectivity index (χ0) is 32.9. The number of sulfone groups is 1. The van der Waals surface area contributed by atoms with Gasteiger partial charge in [0.2, 0.25) is 15.0 Å². The number of anilines is 2. The van der Waals surface area contributed by atoms with Crippen molar-refractivity contribution in [2.45, 2.75) is 70.9 Å². The summed E-state index contributed by atoms with van der Waals surface area (Å²) >= 11 is 9.55. The summed E-state index contributed by atoms with van der Waals surface area (Å²) in [6.45, 7) is 11.8. The number of hydrogen-bond acceptors (Lipinski definition) is 11. The molecule has 0 aliphatic carbocycles. The molecule has 0 saturated heterocycles. The summed E-state index contributed by atoms with van der Waals surface area (Å²) in [5.74, 6) is -0.916. The zero-order valence-corrected chi connectivity index (χ0v) is 28.5. The number of nitrogens with zero attached hydrogens (tertiary/aromatic N) is 5. The number of aromatic nitrogens is 3. The van der Waals surface area contributed by atoms with Crippen LogP contribution in [0.25, 0.3) is 10.9 Å². The number of hydrogen-bond donors (Lipinski definition) is 0. The van der Waals surface area contributed by atoms with Crippen molar-refractivity contribution in [2.75, 3.05) is 29.2 Å². The van der Waals surface area contributed by atoms with E-state index in [1.54, 1.807) is 65.5 Å². The molecule has 12 nitrogen and oxygen atoms in total. The summed E-state index contributed by atoms with van der Waals surface area (Å²) in [6.07, 6.45) is 0.257. The molecule has 1 aromatic carbocycles. The molecule has 44 heavy (non-hydrogen) atoms. The van der Waals surface area contributed by atoms with Gasteiger partial charge in [0.25, 0.3) is 0 Å². The highest BCUT2D eigenvalue weighted by Gasteiger charge is 2.38. The number of carbonyl (C=O) groups excluding carboxylic acids is 2. The van der Waals surface area contributed by atoms with Gasteiger partial charge in [-0.15, -0.1) is 0 Å². The molecule has 238 valence electrons. The van der Waals surface area contributed by atoms with Crippen LogP contribution in [0.15, 0.2) is 28.0 Å². The first-order valence-electron chi connectivity index (χ1n) is 13.4. The van der Waals surface area contributed by atoms with E-state index in [2.05, 4.69) is 30.9 Å². The SMILES string of the molecule is C[C@H](c1cccnc1N(C(=O)OC(C)(C)C)C(=O)OC(C)(C)C)N1CCOc2c(Cl)c(Br)c(F)c3nc(S(C)(=O)=O)nc1c23. The lowest BCUT2D eigenvalue weighted by Gasteiger charge is -2.33. The van der Waals surface area contributed by atoms with Crippen LogP contribution >= 0.6 is 27.5 Å². The Morgan fingerprint density at radius 1 is 1.14 bits per heavy atom. The van der Waals surface area contributed by atoms with Crippen LogP contribution in [0.5, 0.6) is 5.75 Å². The molecule has 2 aromatic heterocycles. The number of ether oxygens (including phenoxy) is 3. The summed E-state index contributed by atoms with van der Waals surface area (Å²) in [5.41, 5.74) is -1.91. The van der Waals surface area contributed by atoms with Crippen LogP contribution in [0.4, 0.5) is 25.6 Å². The monoisotopic (exact) mass is 715 g/mol. The molecule has 0 unspecified atom stereocenters. The molecule has 3 aromatic rings. The molecule has 0 saturated carbocycles. The number of pyridine rings is 1. The van der Waals surface area contributed by atoms with Crippen LogP contribution in [0.2, 0.25) is 5.02 Å². The van der Waals surface area contributed by atoms with Gasteiger partial charge in [0.05, 0.1) is 22.4 Å². The van der Waals surface area contributed by atoms with Crippen LogP contribution in [-0.4, -0.2) is 66.2 Å². The highest BCUT2D eigenvalue weighted by molar-refractivity contribution is 9.10. The van der Waals surface area contributed by atoms with E-state index >= 15 is 4.39 Å². The Morgan fingerprint density at radius 3 is 2.27 bits per heavy atom. The molecular weight excluding hydrogens is 685 g/mol. The Hall–Kier alpha value is -3.30. The fourth-order valence-electron chi connectivity index (χ4n) is 4.40. The molecule has 0 spiro atoms. The Bertz CT molecular complexity index is 1730. The van der Waals surface area contributed by atoms with Crippen LogP contribution in [0.1, 0.15) is 60.1 Å². The van der Waals surface area contributed by atoms with Gasteiger partial charge in [0.15, 0.2) is 17.4 Å². The average molecular weight is 717 g/mol. The number of rotatable bonds is 4. The molecule has 0 radical (unpaired) electrons. The molecule has 4 rings (SSSR count). The van der Waals surface area contributed by atoms with Crippen molar-refractivity contribution in [3.05, 3.63) is 39.2 Å². The minimum atomic E-state index is -4.01. The number of amides is 2. The van der Waals surface area contributed by atoms with E-state index in [0.717, 1.165) is 6.26 Å². The van der Waals surface area contributed by atoms with Gasteiger partial charge >= 0.3 is 12.2 Å². The van der Waals surface area contributed by atoms with Crippen LogP contribution in [0.3, 0.4) is 0 Å². The van der Waals surface area contributed by atoms with Gasteiger partial charge in [-0.25, -0.2) is 37.3 Å². The predicted octanol–water partition coefficient (Wildman–Crippen LogP) is 6.62. The molecule has 2 amide bonds. The van der Waals surface area contributed by atoms with Gasteiger partial charge in [-0.2, -0.15) is 4.90 Å². The predicted molar refractivity (Wildman–Crippen MR) is 166 cm³/mol. The van der Waals surface area contributed by atoms with Gasteiger partial charge in [-0.05, 0) is 70.5 Å². The third kappa shape index (κ3) is 6.84. The maximum absolute atomic E-state index is 15.5. The van der Waals surface area contributed by atoms with E-state index in [1.807, 2.05) is 0 Å². The molecule has 0 N–H and O–H groups in total. The van der Waals surface area contributed by atoms with Gasteiger partial charge in [-0.3, -0.25) is 0 Å². The normalized spacial score (nSPS) is 14.5. The van der Waals surface area contributed by atoms with Gasteiger partial charge < -0.3 is 19.1 Å². The minimum absolute atomic E-state index is 0.0135. The van der Waals surface area contributed by atoms with Crippen molar-refractivity contribution >= 4 is 72.1 Å². The van der Waals surface area contributed by atoms with Crippen molar-refractivity contribution < 1.29 is 36.6 Å². The van der Waals surface area contributed by atoms with E-state index in [0.29, 0.717) is 10.5 Å². The number of carbonyl (C=O) groups is 2. The summed E-state index contributed by atoms with van der Waals surface area (Å²) in [7, 11) is -4.01. The fraction of sp³-hybridized carbons (Fsp3) is 0.464. The summed E-state index contributed by atoms with van der Waals surface area (Å²) in [4.78, 5) is 42.0. The number of halogens is 3. The molecule has 1 aliphatic heterocycles. The third-order valence-corrected chi connectivity index (χ3v) is 8.35. The molecular formula is C28H32BrClFN5O7S. The second-order valence-electron chi connectivity index (χ2n) is 12.0. The van der Waals surface area contributed by atoms with Crippen LogP contribution in [-0.2, 0) is 19.3 Å². The molecule has 16 heteroatoms. The van der Waals surface area contributed by atoms with E-state index in [1.165, 1.54) is 6.20 Å². The quantitative estimate of drug-likeness (QED) is 0.212. The first-order valence-corrected chi connectivity index (χ1v) is 16.5. The summed E-state index contributed by atoms with van der Waals surface area (Å²) < 4.78 is 57.6. The average Bonchev–Trinajstić information content (AvgIpc) is 3.08. The topological polar surface area (TPSA) is 141 Å². The molecule has 0 bridgehead atoms. The summed E-state index contributed by atoms with van der Waals surface area (Å²) in [6, 6.07) is 2.47. The number of imide groups is 1.